The summed E-state index contributed by atoms with van der Waals surface area (Å²) in [4.78, 5) is 46.4. The number of Topliss-reactive ketones (excluding diaryl/α,β-unsaturated/α-hetero) is 1. The normalized spacial score (nSPS) is 12.0. The van der Waals surface area contributed by atoms with Crippen LogP contribution in [0.2, 0.25) is 0 Å². The molecule has 0 spiro atoms. The highest BCUT2D eigenvalue weighted by Gasteiger charge is 2.22. The number of pyridine rings is 1. The minimum atomic E-state index is -0.433. The fourth-order valence-corrected chi connectivity index (χ4v) is 5.01. The van der Waals surface area contributed by atoms with Gasteiger partial charge in [0.1, 0.15) is 17.8 Å². The Morgan fingerprint density at radius 2 is 2.00 bits per heavy atom. The molecular weight excluding hydrogens is 548 g/mol. The van der Waals surface area contributed by atoms with E-state index in [-0.39, 0.29) is 23.3 Å². The molecule has 0 aliphatic carbocycles. The Balaban J connectivity index is 1.21. The molecule has 0 aliphatic heterocycles. The number of hydrogen-bond acceptors (Lipinski definition) is 9. The number of ketones is 1. The molecule has 0 saturated carbocycles. The average Bonchev–Trinajstić information content (AvgIpc) is 3.80. The zero-order valence-electron chi connectivity index (χ0n) is 23.8. The molecule has 0 bridgehead atoms. The van der Waals surface area contributed by atoms with E-state index < -0.39 is 6.04 Å². The average molecular weight is 579 g/mol. The van der Waals surface area contributed by atoms with Crippen molar-refractivity contribution in [2.75, 3.05) is 7.11 Å². The van der Waals surface area contributed by atoms with Crippen LogP contribution in [-0.2, 0) is 0 Å². The molecule has 43 heavy (non-hydrogen) atoms. The SMILES string of the molecule is COc1cc2nc(C)ccc2cc1-c1cnc(C(CCCCCC(=O)c2ncco2)NC(=O)c2cc3ncccn3n2)[nH]1. The third-order valence-corrected chi connectivity index (χ3v) is 7.21. The first-order valence-corrected chi connectivity index (χ1v) is 14.0. The maximum atomic E-state index is 13.3. The van der Waals surface area contributed by atoms with Crippen LogP contribution >= 0.6 is 0 Å². The van der Waals surface area contributed by atoms with E-state index >= 15 is 0 Å². The van der Waals surface area contributed by atoms with Gasteiger partial charge in [0.15, 0.2) is 11.3 Å². The lowest BCUT2D eigenvalue weighted by Gasteiger charge is -2.16. The van der Waals surface area contributed by atoms with Crippen molar-refractivity contribution in [3.63, 3.8) is 0 Å². The number of rotatable bonds is 12. The summed E-state index contributed by atoms with van der Waals surface area (Å²) in [6, 6.07) is 10.9. The zero-order valence-corrected chi connectivity index (χ0v) is 23.8. The maximum Gasteiger partial charge on any atom is 0.272 e. The molecule has 1 aromatic carbocycles. The van der Waals surface area contributed by atoms with Crippen molar-refractivity contribution in [1.82, 2.24) is 39.9 Å². The van der Waals surface area contributed by atoms with Crippen LogP contribution in [-0.4, -0.2) is 53.3 Å². The van der Waals surface area contributed by atoms with Crippen LogP contribution in [0.1, 0.15) is 70.8 Å². The number of methoxy groups -OCH3 is 1. The minimum absolute atomic E-state index is 0.124. The molecule has 0 radical (unpaired) electrons. The number of carbonyl (C=O) groups excluding carboxylic acids is 2. The number of unbranched alkanes of at least 4 members (excludes halogenated alkanes) is 2. The Labute approximate surface area is 246 Å². The molecule has 1 amide bonds. The summed E-state index contributed by atoms with van der Waals surface area (Å²) in [5, 5.41) is 8.43. The van der Waals surface area contributed by atoms with Gasteiger partial charge in [0.25, 0.3) is 11.8 Å². The number of ether oxygens (including phenoxy) is 1. The summed E-state index contributed by atoms with van der Waals surface area (Å²) >= 11 is 0. The molecule has 12 nitrogen and oxygen atoms in total. The van der Waals surface area contributed by atoms with Crippen LogP contribution in [0.15, 0.2) is 71.9 Å². The number of aryl methyl sites for hydroxylation is 1. The van der Waals surface area contributed by atoms with Gasteiger partial charge < -0.3 is 19.5 Å². The first-order chi connectivity index (χ1) is 21.0. The number of aromatic nitrogens is 7. The van der Waals surface area contributed by atoms with Gasteiger partial charge in [0.05, 0.1) is 36.8 Å². The van der Waals surface area contributed by atoms with E-state index in [2.05, 4.69) is 35.3 Å². The summed E-state index contributed by atoms with van der Waals surface area (Å²) in [5.74, 6) is 0.933. The van der Waals surface area contributed by atoms with Crippen molar-refractivity contribution in [2.24, 2.45) is 0 Å². The first-order valence-electron chi connectivity index (χ1n) is 14.0. The smallest absolute Gasteiger partial charge is 0.272 e. The second kappa shape index (κ2) is 12.2. The molecule has 1 unspecified atom stereocenters. The van der Waals surface area contributed by atoms with Crippen LogP contribution in [0, 0.1) is 6.92 Å². The highest BCUT2D eigenvalue weighted by molar-refractivity contribution is 5.93. The predicted molar refractivity (Wildman–Crippen MR) is 158 cm³/mol. The van der Waals surface area contributed by atoms with Crippen molar-refractivity contribution in [3.05, 3.63) is 90.6 Å². The molecule has 0 saturated heterocycles. The summed E-state index contributed by atoms with van der Waals surface area (Å²) in [5.41, 5.74) is 4.18. The standard InChI is InChI=1S/C31H30N8O4/c1-19-9-10-20-15-21(27(42-2)16-23(20)35-19)25-18-34-29(36-25)22(7-4-3-5-8-26(40)31-33-12-14-43-31)37-30(41)24-17-28-32-11-6-13-39(28)38-24/h6,9-18,22H,3-5,7-8H2,1-2H3,(H,34,36)(H,37,41). The van der Waals surface area contributed by atoms with Crippen molar-refractivity contribution in [1.29, 1.82) is 0 Å². The van der Waals surface area contributed by atoms with Crippen LogP contribution in [0.25, 0.3) is 27.8 Å². The second-order valence-corrected chi connectivity index (χ2v) is 10.2. The van der Waals surface area contributed by atoms with E-state index in [1.165, 1.54) is 12.5 Å². The summed E-state index contributed by atoms with van der Waals surface area (Å²) in [7, 11) is 1.62. The second-order valence-electron chi connectivity index (χ2n) is 10.2. The molecule has 12 heteroatoms. The molecule has 218 valence electrons. The molecule has 0 aliphatic rings. The number of nitrogens with one attached hydrogen (secondary N) is 2. The van der Waals surface area contributed by atoms with Crippen molar-refractivity contribution >= 4 is 28.2 Å². The topological polar surface area (TPSA) is 153 Å². The molecule has 1 atom stereocenters. The third kappa shape index (κ3) is 6.13. The monoisotopic (exact) mass is 578 g/mol. The Kier molecular flexibility index (Phi) is 7.90. The van der Waals surface area contributed by atoms with Gasteiger partial charge >= 0.3 is 0 Å². The Hall–Kier alpha value is -5.39. The number of imidazole rings is 1. The number of fused-ring (bicyclic) bond motifs is 2. The van der Waals surface area contributed by atoms with E-state index in [1.807, 2.05) is 31.2 Å². The van der Waals surface area contributed by atoms with Gasteiger partial charge in [-0.25, -0.2) is 19.5 Å². The molecule has 6 aromatic rings. The molecular formula is C31H30N8O4. The highest BCUT2D eigenvalue weighted by atomic mass is 16.5. The molecule has 5 heterocycles. The third-order valence-electron chi connectivity index (χ3n) is 7.21. The number of oxazole rings is 1. The fraction of sp³-hybridized carbons (Fsp3) is 0.258. The lowest BCUT2D eigenvalue weighted by molar-refractivity contribution is 0.0926. The van der Waals surface area contributed by atoms with Crippen LogP contribution in [0.4, 0.5) is 0 Å². The lowest BCUT2D eigenvalue weighted by atomic mass is 10.0. The lowest BCUT2D eigenvalue weighted by Crippen LogP contribution is -2.29. The molecule has 2 N–H and O–H groups in total. The van der Waals surface area contributed by atoms with E-state index in [0.29, 0.717) is 36.5 Å². The van der Waals surface area contributed by atoms with E-state index in [4.69, 9.17) is 9.15 Å². The fourth-order valence-electron chi connectivity index (χ4n) is 5.01. The van der Waals surface area contributed by atoms with Crippen molar-refractivity contribution < 1.29 is 18.7 Å². The zero-order chi connectivity index (χ0) is 29.8. The van der Waals surface area contributed by atoms with Gasteiger partial charge in [-0.1, -0.05) is 18.9 Å². The Morgan fingerprint density at radius 3 is 2.81 bits per heavy atom. The summed E-state index contributed by atoms with van der Waals surface area (Å²) in [6.45, 7) is 1.95. The van der Waals surface area contributed by atoms with Crippen LogP contribution in [0.3, 0.4) is 0 Å². The van der Waals surface area contributed by atoms with Gasteiger partial charge in [-0.3, -0.25) is 14.6 Å². The maximum absolute atomic E-state index is 13.3. The quantitative estimate of drug-likeness (QED) is 0.146. The Bertz CT molecular complexity index is 1860. The van der Waals surface area contributed by atoms with E-state index in [9.17, 15) is 9.59 Å². The van der Waals surface area contributed by atoms with Crippen LogP contribution in [0.5, 0.6) is 5.75 Å². The van der Waals surface area contributed by atoms with Gasteiger partial charge in [-0.15, -0.1) is 0 Å². The predicted octanol–water partition coefficient (Wildman–Crippen LogP) is 5.28. The number of amides is 1. The van der Waals surface area contributed by atoms with Gasteiger partial charge in [-0.05, 0) is 38.0 Å². The highest BCUT2D eigenvalue weighted by Crippen LogP contribution is 2.34. The van der Waals surface area contributed by atoms with Gasteiger partial charge in [0.2, 0.25) is 5.78 Å². The number of H-pyrrole nitrogens is 1. The number of benzene rings is 1. The number of hydrogen-bond donors (Lipinski definition) is 2. The van der Waals surface area contributed by atoms with E-state index in [0.717, 1.165) is 40.7 Å². The molecule has 5 aromatic heterocycles. The molecule has 0 fully saturated rings. The summed E-state index contributed by atoms with van der Waals surface area (Å²) < 4.78 is 12.3. The Morgan fingerprint density at radius 1 is 1.09 bits per heavy atom. The number of nitrogens with zero attached hydrogens (tertiary/aromatic N) is 6. The molecule has 6 rings (SSSR count). The summed E-state index contributed by atoms with van der Waals surface area (Å²) in [6.07, 6.45) is 11.1. The van der Waals surface area contributed by atoms with E-state index in [1.54, 1.807) is 42.3 Å². The van der Waals surface area contributed by atoms with Crippen molar-refractivity contribution in [2.45, 2.75) is 45.1 Å². The van der Waals surface area contributed by atoms with Gasteiger partial charge in [-0.2, -0.15) is 5.10 Å². The van der Waals surface area contributed by atoms with Crippen molar-refractivity contribution in [3.8, 4) is 17.0 Å². The largest absolute Gasteiger partial charge is 0.496 e. The number of aromatic amines is 1. The first kappa shape index (κ1) is 27.8. The number of carbonyl (C=O) groups is 2. The van der Waals surface area contributed by atoms with Gasteiger partial charge in [0, 0.05) is 47.6 Å². The van der Waals surface area contributed by atoms with Crippen LogP contribution < -0.4 is 10.1 Å². The minimum Gasteiger partial charge on any atom is -0.496 e.